The van der Waals surface area contributed by atoms with E-state index in [4.69, 9.17) is 16.3 Å². The highest BCUT2D eigenvalue weighted by Crippen LogP contribution is 2.33. The van der Waals surface area contributed by atoms with E-state index < -0.39 is 0 Å². The van der Waals surface area contributed by atoms with Crippen LogP contribution in [0.2, 0.25) is 5.02 Å². The highest BCUT2D eigenvalue weighted by atomic mass is 127. The Labute approximate surface area is 203 Å². The molecule has 1 fully saturated rings. The Hall–Kier alpha value is -2.29. The van der Waals surface area contributed by atoms with Crippen LogP contribution in [0.1, 0.15) is 16.7 Å². The standard InChI is InChI=1S/C24H17ClINO3S/c25-19-8-4-17(5-9-19)15-30-21-3-1-2-18(12-21)13-22-23(28)27(24(29)31-22)14-16-6-10-20(26)11-7-16/h1-13H,14-15H2/b22-13-. The van der Waals surface area contributed by atoms with E-state index in [2.05, 4.69) is 22.6 Å². The van der Waals surface area contributed by atoms with Gasteiger partial charge in [0, 0.05) is 8.59 Å². The van der Waals surface area contributed by atoms with E-state index in [0.717, 1.165) is 32.0 Å². The van der Waals surface area contributed by atoms with Gasteiger partial charge in [-0.25, -0.2) is 0 Å². The van der Waals surface area contributed by atoms with Gasteiger partial charge in [0.2, 0.25) is 0 Å². The van der Waals surface area contributed by atoms with Crippen molar-refractivity contribution in [2.24, 2.45) is 0 Å². The molecule has 1 heterocycles. The van der Waals surface area contributed by atoms with Gasteiger partial charge in [-0.3, -0.25) is 14.5 Å². The van der Waals surface area contributed by atoms with E-state index >= 15 is 0 Å². The zero-order valence-corrected chi connectivity index (χ0v) is 20.0. The van der Waals surface area contributed by atoms with Gasteiger partial charge in [-0.2, -0.15) is 0 Å². The summed E-state index contributed by atoms with van der Waals surface area (Å²) < 4.78 is 6.96. The largest absolute Gasteiger partial charge is 0.489 e. The number of carbonyl (C=O) groups is 2. The van der Waals surface area contributed by atoms with Gasteiger partial charge in [0.05, 0.1) is 11.4 Å². The van der Waals surface area contributed by atoms with Crippen molar-refractivity contribution < 1.29 is 14.3 Å². The molecule has 0 spiro atoms. The van der Waals surface area contributed by atoms with Crippen molar-refractivity contribution in [2.45, 2.75) is 13.2 Å². The molecule has 0 bridgehead atoms. The van der Waals surface area contributed by atoms with Gasteiger partial charge in [0.1, 0.15) is 12.4 Å². The van der Waals surface area contributed by atoms with Gasteiger partial charge >= 0.3 is 0 Å². The van der Waals surface area contributed by atoms with Crippen molar-refractivity contribution in [2.75, 3.05) is 0 Å². The highest BCUT2D eigenvalue weighted by Gasteiger charge is 2.34. The van der Waals surface area contributed by atoms with Crippen LogP contribution in [0, 0.1) is 3.57 Å². The Bertz CT molecular complexity index is 1150. The number of thioether (sulfide) groups is 1. The molecule has 31 heavy (non-hydrogen) atoms. The Morgan fingerprint density at radius 2 is 1.68 bits per heavy atom. The number of hydrogen-bond acceptors (Lipinski definition) is 4. The quantitative estimate of drug-likeness (QED) is 0.246. The molecular formula is C24H17ClINO3S. The molecule has 4 nitrogen and oxygen atoms in total. The molecule has 4 rings (SSSR count). The monoisotopic (exact) mass is 561 g/mol. The Morgan fingerprint density at radius 1 is 0.968 bits per heavy atom. The number of benzene rings is 3. The Morgan fingerprint density at radius 3 is 2.42 bits per heavy atom. The number of amides is 2. The molecule has 156 valence electrons. The summed E-state index contributed by atoms with van der Waals surface area (Å²) in [7, 11) is 0. The molecule has 1 aliphatic rings. The summed E-state index contributed by atoms with van der Waals surface area (Å²) >= 11 is 9.09. The number of ether oxygens (including phenoxy) is 1. The Kier molecular flexibility index (Phi) is 6.99. The molecular weight excluding hydrogens is 545 g/mol. The SMILES string of the molecule is O=C1S/C(=C\c2cccc(OCc3ccc(Cl)cc3)c2)C(=O)N1Cc1ccc(I)cc1. The first-order chi connectivity index (χ1) is 15.0. The third kappa shape index (κ3) is 5.70. The van der Waals surface area contributed by atoms with Crippen molar-refractivity contribution >= 4 is 63.2 Å². The third-order valence-corrected chi connectivity index (χ3v) is 6.48. The van der Waals surface area contributed by atoms with Crippen LogP contribution in [0.5, 0.6) is 5.75 Å². The van der Waals surface area contributed by atoms with E-state index in [0.29, 0.717) is 22.3 Å². The van der Waals surface area contributed by atoms with Crippen LogP contribution < -0.4 is 4.74 Å². The lowest BCUT2D eigenvalue weighted by Gasteiger charge is -2.12. The molecule has 0 saturated carbocycles. The number of carbonyl (C=O) groups excluding carboxylic acids is 2. The smallest absolute Gasteiger partial charge is 0.293 e. The summed E-state index contributed by atoms with van der Waals surface area (Å²) in [4.78, 5) is 26.9. The van der Waals surface area contributed by atoms with Crippen molar-refractivity contribution in [3.63, 3.8) is 0 Å². The fraction of sp³-hybridized carbons (Fsp3) is 0.0833. The van der Waals surface area contributed by atoms with Crippen LogP contribution in [0.3, 0.4) is 0 Å². The lowest BCUT2D eigenvalue weighted by atomic mass is 10.2. The first-order valence-corrected chi connectivity index (χ1v) is 11.7. The van der Waals surface area contributed by atoms with Crippen molar-refractivity contribution in [1.29, 1.82) is 0 Å². The molecule has 7 heteroatoms. The lowest BCUT2D eigenvalue weighted by molar-refractivity contribution is -0.123. The number of hydrogen-bond donors (Lipinski definition) is 0. The maximum Gasteiger partial charge on any atom is 0.293 e. The van der Waals surface area contributed by atoms with E-state index in [9.17, 15) is 9.59 Å². The molecule has 3 aromatic rings. The second kappa shape index (κ2) is 9.89. The first kappa shape index (κ1) is 21.9. The predicted octanol–water partition coefficient (Wildman–Crippen LogP) is 6.76. The average Bonchev–Trinajstić information content (AvgIpc) is 3.02. The number of imide groups is 1. The van der Waals surface area contributed by atoms with Crippen LogP contribution in [0.15, 0.2) is 77.7 Å². The number of rotatable bonds is 6. The van der Waals surface area contributed by atoms with Crippen LogP contribution in [-0.4, -0.2) is 16.0 Å². The van der Waals surface area contributed by atoms with E-state index in [1.807, 2.05) is 72.8 Å². The van der Waals surface area contributed by atoms with E-state index in [1.54, 1.807) is 6.08 Å². The number of halogens is 2. The maximum absolute atomic E-state index is 12.8. The Balaban J connectivity index is 1.44. The first-order valence-electron chi connectivity index (χ1n) is 9.45. The fourth-order valence-electron chi connectivity index (χ4n) is 3.00. The molecule has 1 aliphatic heterocycles. The molecule has 1 saturated heterocycles. The highest BCUT2D eigenvalue weighted by molar-refractivity contribution is 14.1. The third-order valence-electron chi connectivity index (χ3n) is 4.60. The van der Waals surface area contributed by atoms with Crippen molar-refractivity contribution in [1.82, 2.24) is 4.90 Å². The molecule has 3 aromatic carbocycles. The molecule has 0 N–H and O–H groups in total. The van der Waals surface area contributed by atoms with Crippen molar-refractivity contribution in [3.8, 4) is 5.75 Å². The summed E-state index contributed by atoms with van der Waals surface area (Å²) in [5, 5.41) is 0.423. The normalized spacial score (nSPS) is 15.0. The second-order valence-electron chi connectivity index (χ2n) is 6.88. The van der Waals surface area contributed by atoms with Gasteiger partial charge in [-0.1, -0.05) is 48.0 Å². The zero-order chi connectivity index (χ0) is 21.8. The van der Waals surface area contributed by atoms with Crippen molar-refractivity contribution in [3.05, 3.63) is 103 Å². The zero-order valence-electron chi connectivity index (χ0n) is 16.3. The van der Waals surface area contributed by atoms with Gasteiger partial charge in [-0.05, 0) is 93.5 Å². The van der Waals surface area contributed by atoms with Crippen LogP contribution >= 0.6 is 46.0 Å². The molecule has 0 aromatic heterocycles. The predicted molar refractivity (Wildman–Crippen MR) is 133 cm³/mol. The summed E-state index contributed by atoms with van der Waals surface area (Å²) in [6.45, 7) is 0.677. The van der Waals surface area contributed by atoms with E-state index in [-0.39, 0.29) is 17.7 Å². The summed E-state index contributed by atoms with van der Waals surface area (Å²) in [6, 6.07) is 22.7. The van der Waals surface area contributed by atoms with Gasteiger partial charge < -0.3 is 4.74 Å². The topological polar surface area (TPSA) is 46.6 Å². The molecule has 0 aliphatic carbocycles. The van der Waals surface area contributed by atoms with Crippen LogP contribution in [0.25, 0.3) is 6.08 Å². The molecule has 0 unspecified atom stereocenters. The maximum atomic E-state index is 12.8. The number of nitrogens with zero attached hydrogens (tertiary/aromatic N) is 1. The minimum Gasteiger partial charge on any atom is -0.489 e. The van der Waals surface area contributed by atoms with Gasteiger partial charge in [0.25, 0.3) is 11.1 Å². The summed E-state index contributed by atoms with van der Waals surface area (Å²) in [5.41, 5.74) is 2.72. The second-order valence-corrected chi connectivity index (χ2v) is 9.56. The summed E-state index contributed by atoms with van der Waals surface area (Å²) in [6.07, 6.45) is 1.73. The minimum atomic E-state index is -0.277. The minimum absolute atomic E-state index is 0.259. The van der Waals surface area contributed by atoms with Gasteiger partial charge in [0.15, 0.2) is 0 Å². The fourth-order valence-corrected chi connectivity index (χ4v) is 4.33. The molecule has 0 radical (unpaired) electrons. The van der Waals surface area contributed by atoms with Gasteiger partial charge in [-0.15, -0.1) is 0 Å². The summed E-state index contributed by atoms with van der Waals surface area (Å²) in [5.74, 6) is 0.405. The van der Waals surface area contributed by atoms with Crippen LogP contribution in [0.4, 0.5) is 4.79 Å². The van der Waals surface area contributed by atoms with E-state index in [1.165, 1.54) is 4.90 Å². The lowest BCUT2D eigenvalue weighted by Crippen LogP contribution is -2.27. The average molecular weight is 562 g/mol. The molecule has 0 atom stereocenters. The van der Waals surface area contributed by atoms with Crippen LogP contribution in [-0.2, 0) is 17.9 Å². The molecule has 2 amide bonds.